The lowest BCUT2D eigenvalue weighted by Gasteiger charge is -2.38. The van der Waals surface area contributed by atoms with Crippen molar-refractivity contribution in [2.45, 2.75) is 31.8 Å². The molecule has 2 aromatic rings. The third kappa shape index (κ3) is 4.23. The predicted octanol–water partition coefficient (Wildman–Crippen LogP) is 2.62. The van der Waals surface area contributed by atoms with E-state index in [-0.39, 0.29) is 23.1 Å². The lowest BCUT2D eigenvalue weighted by atomic mass is 9.92. The first kappa shape index (κ1) is 22.3. The van der Waals surface area contributed by atoms with Crippen molar-refractivity contribution in [3.8, 4) is 0 Å². The second-order valence-corrected chi connectivity index (χ2v) is 9.01. The quantitative estimate of drug-likeness (QED) is 0.510. The average Bonchev–Trinajstić information content (AvgIpc) is 3.42. The van der Waals surface area contributed by atoms with Crippen LogP contribution in [0.2, 0.25) is 0 Å². The summed E-state index contributed by atoms with van der Waals surface area (Å²) in [6.45, 7) is 3.85. The maximum Gasteiger partial charge on any atom is 0.293 e. The van der Waals surface area contributed by atoms with Crippen LogP contribution in [-0.2, 0) is 22.5 Å². The van der Waals surface area contributed by atoms with Gasteiger partial charge in [0.25, 0.3) is 11.6 Å². The third-order valence-corrected chi connectivity index (χ3v) is 6.98. The minimum Gasteiger partial charge on any atom is -0.378 e. The van der Waals surface area contributed by atoms with Gasteiger partial charge < -0.3 is 19.4 Å². The molecule has 2 saturated heterocycles. The zero-order valence-corrected chi connectivity index (χ0v) is 19.0. The van der Waals surface area contributed by atoms with Crippen LogP contribution in [0.15, 0.2) is 42.5 Å². The summed E-state index contributed by atoms with van der Waals surface area (Å²) >= 11 is 0. The number of ether oxygens (including phenoxy) is 1. The fraction of sp³-hybridized carbons (Fsp3) is 0.440. The Labute approximate surface area is 198 Å². The maximum absolute atomic E-state index is 13.7. The number of benzene rings is 2. The molecule has 178 valence electrons. The van der Waals surface area contributed by atoms with Crippen LogP contribution in [-0.4, -0.2) is 72.0 Å². The first-order valence-corrected chi connectivity index (χ1v) is 11.8. The Morgan fingerprint density at radius 3 is 2.38 bits per heavy atom. The Hall–Kier alpha value is -3.46. The molecule has 0 radical (unpaired) electrons. The van der Waals surface area contributed by atoms with Crippen LogP contribution in [0.5, 0.6) is 0 Å². The molecule has 0 saturated carbocycles. The van der Waals surface area contributed by atoms with Crippen LogP contribution in [0, 0.1) is 10.1 Å². The number of hydrogen-bond acceptors (Lipinski definition) is 6. The molecule has 3 aliphatic rings. The van der Waals surface area contributed by atoms with Crippen molar-refractivity contribution >= 4 is 23.2 Å². The lowest BCUT2D eigenvalue weighted by Crippen LogP contribution is -2.53. The van der Waals surface area contributed by atoms with E-state index in [2.05, 4.69) is 0 Å². The van der Waals surface area contributed by atoms with Gasteiger partial charge in [0.2, 0.25) is 5.91 Å². The van der Waals surface area contributed by atoms with Gasteiger partial charge in [-0.1, -0.05) is 24.3 Å². The summed E-state index contributed by atoms with van der Waals surface area (Å²) in [5.74, 6) is -0.400. The van der Waals surface area contributed by atoms with E-state index < -0.39 is 11.0 Å². The number of amides is 2. The normalized spacial score (nSPS) is 20.2. The maximum atomic E-state index is 13.7. The summed E-state index contributed by atoms with van der Waals surface area (Å²) in [5, 5.41) is 11.9. The summed E-state index contributed by atoms with van der Waals surface area (Å²) in [5.41, 5.74) is 2.67. The first-order valence-electron chi connectivity index (χ1n) is 11.8. The molecule has 3 aliphatic heterocycles. The molecule has 0 unspecified atom stereocenters. The number of carbonyl (C=O) groups is 2. The summed E-state index contributed by atoms with van der Waals surface area (Å²) in [6.07, 6.45) is 2.39. The van der Waals surface area contributed by atoms with Crippen molar-refractivity contribution in [1.82, 2.24) is 9.80 Å². The van der Waals surface area contributed by atoms with E-state index >= 15 is 0 Å². The molecule has 0 aromatic heterocycles. The number of likely N-dealkylation sites (tertiary alicyclic amines) is 1. The Morgan fingerprint density at radius 1 is 0.971 bits per heavy atom. The second-order valence-electron chi connectivity index (χ2n) is 9.01. The van der Waals surface area contributed by atoms with Gasteiger partial charge in [0, 0.05) is 50.8 Å². The topological polar surface area (TPSA) is 96.2 Å². The Kier molecular flexibility index (Phi) is 6.19. The minimum absolute atomic E-state index is 0.0419. The number of morpholine rings is 1. The zero-order valence-electron chi connectivity index (χ0n) is 19.0. The SMILES string of the molecule is O=C([C@H]1Cc2ccccc2CN1C(=O)c1ccc(N2CCOCC2)c([N+](=O)[O-])c1)N1CCCC1. The van der Waals surface area contributed by atoms with Crippen LogP contribution in [0.3, 0.4) is 0 Å². The number of hydrogen-bond donors (Lipinski definition) is 0. The Bertz CT molecular complexity index is 1110. The van der Waals surface area contributed by atoms with Crippen molar-refractivity contribution in [3.05, 3.63) is 69.3 Å². The highest BCUT2D eigenvalue weighted by Gasteiger charge is 2.38. The molecule has 5 rings (SSSR count). The van der Waals surface area contributed by atoms with Crippen LogP contribution in [0.25, 0.3) is 0 Å². The molecule has 3 heterocycles. The van der Waals surface area contributed by atoms with E-state index in [0.29, 0.717) is 58.0 Å². The number of anilines is 1. The molecule has 2 amide bonds. The van der Waals surface area contributed by atoms with E-state index in [4.69, 9.17) is 4.74 Å². The molecule has 2 fully saturated rings. The molecular formula is C25H28N4O5. The molecular weight excluding hydrogens is 436 g/mol. The Balaban J connectivity index is 1.48. The van der Waals surface area contributed by atoms with Crippen molar-refractivity contribution in [1.29, 1.82) is 0 Å². The van der Waals surface area contributed by atoms with Gasteiger partial charge in [-0.3, -0.25) is 19.7 Å². The molecule has 0 aliphatic carbocycles. The van der Waals surface area contributed by atoms with E-state index in [1.165, 1.54) is 6.07 Å². The van der Waals surface area contributed by atoms with Crippen molar-refractivity contribution in [2.24, 2.45) is 0 Å². The van der Waals surface area contributed by atoms with Crippen molar-refractivity contribution < 1.29 is 19.2 Å². The van der Waals surface area contributed by atoms with Gasteiger partial charge >= 0.3 is 0 Å². The molecule has 0 spiro atoms. The largest absolute Gasteiger partial charge is 0.378 e. The van der Waals surface area contributed by atoms with Crippen LogP contribution < -0.4 is 4.90 Å². The molecule has 34 heavy (non-hydrogen) atoms. The number of rotatable bonds is 4. The van der Waals surface area contributed by atoms with Crippen LogP contribution in [0.1, 0.15) is 34.3 Å². The van der Waals surface area contributed by atoms with Gasteiger partial charge in [0.1, 0.15) is 11.7 Å². The van der Waals surface area contributed by atoms with E-state index in [1.807, 2.05) is 34.1 Å². The highest BCUT2D eigenvalue weighted by atomic mass is 16.6. The number of fused-ring (bicyclic) bond motifs is 1. The second kappa shape index (κ2) is 9.42. The summed E-state index contributed by atoms with van der Waals surface area (Å²) in [6, 6.07) is 11.9. The van der Waals surface area contributed by atoms with Gasteiger partial charge in [-0.05, 0) is 36.1 Å². The average molecular weight is 465 g/mol. The molecule has 1 atom stereocenters. The summed E-state index contributed by atoms with van der Waals surface area (Å²) in [4.78, 5) is 43.9. The van der Waals surface area contributed by atoms with Gasteiger partial charge in [-0.25, -0.2) is 0 Å². The molecule has 0 bridgehead atoms. The van der Waals surface area contributed by atoms with Gasteiger partial charge in [-0.15, -0.1) is 0 Å². The molecule has 2 aromatic carbocycles. The number of carbonyl (C=O) groups excluding carboxylic acids is 2. The number of nitro benzene ring substituents is 1. The number of nitro groups is 1. The molecule has 9 nitrogen and oxygen atoms in total. The van der Waals surface area contributed by atoms with Crippen molar-refractivity contribution in [3.63, 3.8) is 0 Å². The summed E-state index contributed by atoms with van der Waals surface area (Å²) < 4.78 is 5.36. The molecule has 0 N–H and O–H groups in total. The fourth-order valence-electron chi connectivity index (χ4n) is 5.15. The highest BCUT2D eigenvalue weighted by molar-refractivity contribution is 5.99. The minimum atomic E-state index is -0.613. The number of nitrogens with zero attached hydrogens (tertiary/aromatic N) is 4. The fourth-order valence-corrected chi connectivity index (χ4v) is 5.15. The Morgan fingerprint density at radius 2 is 1.68 bits per heavy atom. The first-order chi connectivity index (χ1) is 16.5. The highest BCUT2D eigenvalue weighted by Crippen LogP contribution is 2.32. The van der Waals surface area contributed by atoms with E-state index in [1.54, 1.807) is 17.0 Å². The summed E-state index contributed by atoms with van der Waals surface area (Å²) in [7, 11) is 0. The van der Waals surface area contributed by atoms with Crippen LogP contribution in [0.4, 0.5) is 11.4 Å². The standard InChI is InChI=1S/C25H28N4O5/c30-24(19-7-8-21(22(16-19)29(32)33)26-11-13-34-14-12-26)28-17-20-6-2-1-5-18(20)15-23(28)25(31)27-9-3-4-10-27/h1-2,5-8,16,23H,3-4,9-15,17H2/t23-/m1/s1. The third-order valence-electron chi connectivity index (χ3n) is 6.98. The van der Waals surface area contributed by atoms with Gasteiger partial charge in [0.15, 0.2) is 0 Å². The molecule has 9 heteroatoms. The van der Waals surface area contributed by atoms with E-state index in [9.17, 15) is 19.7 Å². The van der Waals surface area contributed by atoms with Gasteiger partial charge in [0.05, 0.1) is 18.1 Å². The zero-order chi connectivity index (χ0) is 23.7. The van der Waals surface area contributed by atoms with Gasteiger partial charge in [-0.2, -0.15) is 0 Å². The lowest BCUT2D eigenvalue weighted by molar-refractivity contribution is -0.384. The van der Waals surface area contributed by atoms with Crippen molar-refractivity contribution in [2.75, 3.05) is 44.3 Å². The van der Waals surface area contributed by atoms with Crippen LogP contribution >= 0.6 is 0 Å². The predicted molar refractivity (Wildman–Crippen MR) is 126 cm³/mol. The smallest absolute Gasteiger partial charge is 0.293 e. The monoisotopic (exact) mass is 464 g/mol. The van der Waals surface area contributed by atoms with E-state index in [0.717, 1.165) is 24.0 Å².